The number of nitrogens with one attached hydrogen (secondary N) is 1. The van der Waals surface area contributed by atoms with E-state index in [4.69, 9.17) is 9.47 Å². The first-order chi connectivity index (χ1) is 15.6. The number of aromatic nitrogens is 1. The van der Waals surface area contributed by atoms with Gasteiger partial charge in [-0.15, -0.1) is 0 Å². The van der Waals surface area contributed by atoms with Crippen LogP contribution in [0.2, 0.25) is 0 Å². The molecule has 0 unspecified atom stereocenters. The second-order valence-electron chi connectivity index (χ2n) is 8.31. The molecule has 0 radical (unpaired) electrons. The van der Waals surface area contributed by atoms with Crippen molar-refractivity contribution in [2.45, 2.75) is 38.9 Å². The number of aromatic amines is 1. The van der Waals surface area contributed by atoms with Crippen molar-refractivity contribution in [1.82, 2.24) is 4.37 Å². The second kappa shape index (κ2) is 8.67. The molecule has 0 amide bonds. The van der Waals surface area contributed by atoms with Gasteiger partial charge in [0.1, 0.15) is 17.6 Å². The number of hydrogen-bond acceptors (Lipinski definition) is 4. The Morgan fingerprint density at radius 2 is 1.66 bits per heavy atom. The minimum absolute atomic E-state index is 0.0441. The maximum Gasteiger partial charge on any atom is 0.258 e. The van der Waals surface area contributed by atoms with Crippen molar-refractivity contribution in [3.8, 4) is 33.1 Å². The molecule has 162 valence electrons. The molecule has 0 bridgehead atoms. The van der Waals surface area contributed by atoms with E-state index in [1.54, 1.807) is 6.07 Å². The highest BCUT2D eigenvalue weighted by Crippen LogP contribution is 2.40. The SMILES string of the molecule is CC(C)Oc1ccc(-c2cccc3c2CC[C@H]3Oc2ccc(-c3cc(=O)[nH]s3)cc2)cc1. The largest absolute Gasteiger partial charge is 0.491 e. The Kier molecular flexibility index (Phi) is 5.58. The molecule has 1 aliphatic rings. The van der Waals surface area contributed by atoms with E-state index < -0.39 is 0 Å². The molecule has 4 nitrogen and oxygen atoms in total. The second-order valence-corrected chi connectivity index (χ2v) is 9.16. The highest BCUT2D eigenvalue weighted by Gasteiger charge is 2.26. The molecule has 5 heteroatoms. The van der Waals surface area contributed by atoms with E-state index in [9.17, 15) is 4.79 Å². The van der Waals surface area contributed by atoms with Crippen LogP contribution in [0.4, 0.5) is 0 Å². The van der Waals surface area contributed by atoms with Gasteiger partial charge in [-0.3, -0.25) is 9.17 Å². The van der Waals surface area contributed by atoms with Gasteiger partial charge < -0.3 is 9.47 Å². The van der Waals surface area contributed by atoms with E-state index in [1.807, 2.05) is 50.2 Å². The lowest BCUT2D eigenvalue weighted by Gasteiger charge is -2.16. The van der Waals surface area contributed by atoms with Gasteiger partial charge in [-0.05, 0) is 90.9 Å². The summed E-state index contributed by atoms with van der Waals surface area (Å²) < 4.78 is 14.9. The van der Waals surface area contributed by atoms with Gasteiger partial charge in [-0.25, -0.2) is 0 Å². The summed E-state index contributed by atoms with van der Waals surface area (Å²) in [6.07, 6.45) is 2.17. The van der Waals surface area contributed by atoms with Crippen LogP contribution < -0.4 is 15.0 Å². The van der Waals surface area contributed by atoms with Crippen LogP contribution >= 0.6 is 11.5 Å². The molecule has 4 aromatic rings. The lowest BCUT2D eigenvalue weighted by atomic mass is 9.96. The van der Waals surface area contributed by atoms with Gasteiger partial charge in [-0.1, -0.05) is 41.9 Å². The van der Waals surface area contributed by atoms with Gasteiger partial charge in [0.2, 0.25) is 0 Å². The normalized spacial score (nSPS) is 15.0. The topological polar surface area (TPSA) is 51.3 Å². The Hall–Kier alpha value is -3.31. The van der Waals surface area contributed by atoms with Gasteiger partial charge in [0.05, 0.1) is 11.0 Å². The van der Waals surface area contributed by atoms with Crippen LogP contribution in [0, 0.1) is 0 Å². The first-order valence-corrected chi connectivity index (χ1v) is 11.7. The number of benzene rings is 3. The molecule has 5 rings (SSSR count). The summed E-state index contributed by atoms with van der Waals surface area (Å²) in [4.78, 5) is 12.3. The fourth-order valence-corrected chi connectivity index (χ4v) is 4.97. The van der Waals surface area contributed by atoms with Crippen molar-refractivity contribution in [3.05, 3.63) is 94.3 Å². The Balaban J connectivity index is 1.35. The summed E-state index contributed by atoms with van der Waals surface area (Å²) in [6.45, 7) is 4.07. The van der Waals surface area contributed by atoms with E-state index in [0.717, 1.165) is 34.8 Å². The van der Waals surface area contributed by atoms with Crippen LogP contribution in [0.1, 0.15) is 37.5 Å². The average Bonchev–Trinajstić information content (AvgIpc) is 3.41. The Morgan fingerprint density at radius 1 is 0.938 bits per heavy atom. The van der Waals surface area contributed by atoms with Crippen LogP contribution in [0.25, 0.3) is 21.6 Å². The highest BCUT2D eigenvalue weighted by molar-refractivity contribution is 7.09. The average molecular weight is 444 g/mol. The number of hydrogen-bond donors (Lipinski definition) is 1. The molecule has 3 aromatic carbocycles. The molecule has 1 N–H and O–H groups in total. The van der Waals surface area contributed by atoms with Crippen molar-refractivity contribution in [2.24, 2.45) is 0 Å². The summed E-state index contributed by atoms with van der Waals surface area (Å²) in [7, 11) is 0. The van der Waals surface area contributed by atoms with Crippen LogP contribution in [0.3, 0.4) is 0 Å². The van der Waals surface area contributed by atoms with Gasteiger partial charge in [0.25, 0.3) is 5.56 Å². The van der Waals surface area contributed by atoms with E-state index >= 15 is 0 Å². The van der Waals surface area contributed by atoms with Crippen LogP contribution in [0.15, 0.2) is 77.6 Å². The van der Waals surface area contributed by atoms with E-state index in [1.165, 1.54) is 33.8 Å². The predicted molar refractivity (Wildman–Crippen MR) is 130 cm³/mol. The molecule has 32 heavy (non-hydrogen) atoms. The van der Waals surface area contributed by atoms with Crippen molar-refractivity contribution in [2.75, 3.05) is 0 Å². The fourth-order valence-electron chi connectivity index (χ4n) is 4.28. The van der Waals surface area contributed by atoms with Gasteiger partial charge in [0, 0.05) is 6.07 Å². The van der Waals surface area contributed by atoms with Crippen LogP contribution in [-0.2, 0) is 6.42 Å². The Morgan fingerprint density at radius 3 is 2.34 bits per heavy atom. The molecule has 1 aliphatic carbocycles. The molecule has 1 aromatic heterocycles. The smallest absolute Gasteiger partial charge is 0.258 e. The number of fused-ring (bicyclic) bond motifs is 1. The molecule has 0 saturated heterocycles. The van der Waals surface area contributed by atoms with E-state index in [0.29, 0.717) is 0 Å². The third-order valence-corrected chi connectivity index (χ3v) is 6.57. The molecule has 0 fully saturated rings. The summed E-state index contributed by atoms with van der Waals surface area (Å²) >= 11 is 1.35. The van der Waals surface area contributed by atoms with Gasteiger partial charge in [-0.2, -0.15) is 0 Å². The first kappa shape index (κ1) is 20.6. The van der Waals surface area contributed by atoms with Crippen molar-refractivity contribution >= 4 is 11.5 Å². The van der Waals surface area contributed by atoms with Crippen LogP contribution in [0.5, 0.6) is 11.5 Å². The van der Waals surface area contributed by atoms with Crippen molar-refractivity contribution < 1.29 is 9.47 Å². The maximum absolute atomic E-state index is 11.4. The number of H-pyrrole nitrogens is 1. The third kappa shape index (κ3) is 4.21. The zero-order valence-corrected chi connectivity index (χ0v) is 18.9. The number of rotatable bonds is 6. The molecule has 1 heterocycles. The first-order valence-electron chi connectivity index (χ1n) is 10.9. The molecule has 0 spiro atoms. The standard InChI is InChI=1S/C27H25NO3S/c1-17(2)30-20-10-6-18(7-11-20)22-4-3-5-24-23(22)14-15-25(24)31-21-12-8-19(9-13-21)26-16-27(29)28-32-26/h3-13,16-17,25H,14-15H2,1-2H3,(H,28,29)/t25-/m1/s1. The predicted octanol–water partition coefficient (Wildman–Crippen LogP) is 6.62. The Bertz CT molecular complexity index is 1270. The quantitative estimate of drug-likeness (QED) is 0.364. The molecule has 0 aliphatic heterocycles. The fraction of sp³-hybridized carbons (Fsp3) is 0.222. The molecule has 0 saturated carbocycles. The summed E-state index contributed by atoms with van der Waals surface area (Å²) in [5.41, 5.74) is 6.04. The van der Waals surface area contributed by atoms with E-state index in [-0.39, 0.29) is 17.8 Å². The lowest BCUT2D eigenvalue weighted by Crippen LogP contribution is -2.05. The summed E-state index contributed by atoms with van der Waals surface area (Å²) in [5, 5.41) is 0. The van der Waals surface area contributed by atoms with Gasteiger partial charge in [0.15, 0.2) is 0 Å². The van der Waals surface area contributed by atoms with Crippen molar-refractivity contribution in [1.29, 1.82) is 0 Å². The zero-order valence-electron chi connectivity index (χ0n) is 18.1. The monoisotopic (exact) mass is 443 g/mol. The highest BCUT2D eigenvalue weighted by atomic mass is 32.1. The van der Waals surface area contributed by atoms with E-state index in [2.05, 4.69) is 34.7 Å². The van der Waals surface area contributed by atoms with Crippen LogP contribution in [-0.4, -0.2) is 10.5 Å². The van der Waals surface area contributed by atoms with Gasteiger partial charge >= 0.3 is 0 Å². The lowest BCUT2D eigenvalue weighted by molar-refractivity contribution is 0.207. The third-order valence-electron chi connectivity index (χ3n) is 5.69. The summed E-state index contributed by atoms with van der Waals surface area (Å²) in [5.74, 6) is 1.74. The maximum atomic E-state index is 11.4. The zero-order chi connectivity index (χ0) is 22.1. The molecular weight excluding hydrogens is 418 g/mol. The van der Waals surface area contributed by atoms with Crippen molar-refractivity contribution in [3.63, 3.8) is 0 Å². The minimum Gasteiger partial charge on any atom is -0.491 e. The number of ether oxygens (including phenoxy) is 2. The minimum atomic E-state index is -0.0641. The Labute approximate surface area is 191 Å². The summed E-state index contributed by atoms with van der Waals surface area (Å²) in [6, 6.07) is 24.4. The molecule has 1 atom stereocenters. The molecular formula is C27H25NO3S.